The normalized spacial score (nSPS) is 16.8. The molecule has 12 rings (SSSR count). The van der Waals surface area contributed by atoms with Crippen LogP contribution in [0.15, 0.2) is 73.2 Å². The molecule has 0 bridgehead atoms. The Hall–Kier alpha value is -11.1. The zero-order valence-electron chi connectivity index (χ0n) is 61.1. The molecule has 9 heterocycles. The highest BCUT2D eigenvalue weighted by molar-refractivity contribution is 6.02. The number of rotatable bonds is 29. The summed E-state index contributed by atoms with van der Waals surface area (Å²) >= 11 is 0. The highest BCUT2D eigenvalue weighted by Crippen LogP contribution is 2.50. The Labute approximate surface area is 624 Å². The lowest BCUT2D eigenvalue weighted by Crippen LogP contribution is -2.48. The molecule has 31 heteroatoms. The lowest BCUT2D eigenvalue weighted by atomic mass is 9.98. The van der Waals surface area contributed by atoms with Crippen LogP contribution >= 0.6 is 0 Å². The minimum absolute atomic E-state index is 0.0132. The third kappa shape index (κ3) is 19.7. The number of carbonyl (C=O) groups is 9. The van der Waals surface area contributed by atoms with Gasteiger partial charge in [-0.2, -0.15) is 24.6 Å². The van der Waals surface area contributed by atoms with E-state index in [2.05, 4.69) is 58.0 Å². The number of aromatic nitrogens is 6. The number of alkyl halides is 2. The van der Waals surface area contributed by atoms with Crippen LogP contribution in [0.3, 0.4) is 0 Å². The van der Waals surface area contributed by atoms with Crippen LogP contribution in [0.2, 0.25) is 0 Å². The quantitative estimate of drug-likeness (QED) is 0.0365. The van der Waals surface area contributed by atoms with E-state index < -0.39 is 28.4 Å². The highest BCUT2D eigenvalue weighted by Gasteiger charge is 2.54. The van der Waals surface area contributed by atoms with Crippen molar-refractivity contribution in [1.29, 1.82) is 15.8 Å². The van der Waals surface area contributed by atoms with Gasteiger partial charge in [-0.05, 0) is 144 Å². The van der Waals surface area contributed by atoms with Crippen molar-refractivity contribution in [3.8, 4) is 18.2 Å². The number of halogens is 2. The standard InChI is InChI=1S/C27H30N6O3.C26H30N6O4.C24H26F2N6O4/c1-32-10-11-33(25(35)16-32)15-20-6-7-23(30-22(20)17-34)27(8-9-27)26(36)31-24-12-19(5-4-18-2-3-18)21(13-28)14-29-24;1-31-9-10-32(24(34)16-31)15-19-5-6-22(29-21(19)17-33)26(7-8-26)25(35)30-23-12-18(4-3-11-36-2)20(13-27)14-28-23;1-31-7-8-32(22(34)14-31)13-17-5-6-20(29-19(17)15-33)24(25,26)23(35)30-21-10-16(4-3-9-36-2)18(11-27)12-28-21/h6-7,12,14,17-18H,2-5,8-11,15-16H2,1H3,(H,29,31,36);5-6,12,14,17H,3-4,7-11,15-16H2,1-2H3,(H,28,30,35);5-6,10,12,15H,3-4,7-9,13-14H2,1-2H3,(H,28,30,35). The van der Waals surface area contributed by atoms with Crippen LogP contribution in [0.25, 0.3) is 0 Å². The summed E-state index contributed by atoms with van der Waals surface area (Å²) in [5, 5.41) is 35.9. The summed E-state index contributed by atoms with van der Waals surface area (Å²) in [6.07, 6.45) is 15.1. The molecule has 108 heavy (non-hydrogen) atoms. The first kappa shape index (κ1) is 79.4. The third-order valence-corrected chi connectivity index (χ3v) is 20.1. The highest BCUT2D eigenvalue weighted by atomic mass is 19.3. The molecule has 6 aromatic heterocycles. The average molecular weight is 1480 g/mol. The fraction of sp³-hybridized carbons (Fsp3) is 0.455. The summed E-state index contributed by atoms with van der Waals surface area (Å²) < 4.78 is 40.0. The number of nitriles is 3. The van der Waals surface area contributed by atoms with E-state index in [0.29, 0.717) is 186 Å². The summed E-state index contributed by atoms with van der Waals surface area (Å²) in [6, 6.07) is 20.6. The van der Waals surface area contributed by atoms with Gasteiger partial charge >= 0.3 is 11.8 Å². The second-order valence-electron chi connectivity index (χ2n) is 28.0. The molecule has 3 N–H and O–H groups in total. The zero-order chi connectivity index (χ0) is 77.3. The van der Waals surface area contributed by atoms with Gasteiger partial charge in [0.25, 0.3) is 0 Å². The van der Waals surface area contributed by atoms with Crippen LogP contribution in [0.4, 0.5) is 26.2 Å². The van der Waals surface area contributed by atoms with Crippen LogP contribution in [-0.4, -0.2) is 221 Å². The number of aldehydes is 3. The largest absolute Gasteiger partial charge is 0.385 e. The monoisotopic (exact) mass is 1480 g/mol. The van der Waals surface area contributed by atoms with Gasteiger partial charge in [0.15, 0.2) is 18.9 Å². The molecule has 6 fully saturated rings. The van der Waals surface area contributed by atoms with Crippen LogP contribution in [0, 0.1) is 39.9 Å². The second kappa shape index (κ2) is 36.0. The van der Waals surface area contributed by atoms with E-state index in [-0.39, 0.29) is 71.1 Å². The SMILES string of the molecule is CN1CCN(Cc2ccc(C3(C(=O)Nc4cc(CCC5CC5)c(C#N)cn4)CC3)nc2C=O)C(=O)C1.COCCCc1cc(NC(=O)C(F)(F)c2ccc(CN3CCN(C)CC3=O)c(C=O)n2)ncc1C#N.COCCCc1cc(NC(=O)C2(c3ccc(CN4CCN(C)CC4=O)c(C=O)n3)CC2)ncc1C#N. The van der Waals surface area contributed by atoms with Crippen molar-refractivity contribution in [2.75, 3.05) is 123 Å². The van der Waals surface area contributed by atoms with Gasteiger partial charge in [0.2, 0.25) is 29.5 Å². The van der Waals surface area contributed by atoms with Gasteiger partial charge < -0.3 is 40.1 Å². The molecule has 564 valence electrons. The molecule has 3 saturated heterocycles. The van der Waals surface area contributed by atoms with Crippen LogP contribution in [-0.2, 0) is 93.9 Å². The molecule has 6 aliphatic rings. The summed E-state index contributed by atoms with van der Waals surface area (Å²) in [5.41, 5.74) is 3.94. The van der Waals surface area contributed by atoms with Gasteiger partial charge in [-0.3, -0.25) is 57.9 Å². The predicted molar refractivity (Wildman–Crippen MR) is 388 cm³/mol. The molecule has 29 nitrogen and oxygen atoms in total. The van der Waals surface area contributed by atoms with E-state index in [1.165, 1.54) is 55.6 Å². The Balaban J connectivity index is 0.000000173. The minimum Gasteiger partial charge on any atom is -0.385 e. The number of nitrogens with one attached hydrogen (secondary N) is 3. The van der Waals surface area contributed by atoms with Gasteiger partial charge in [-0.25, -0.2) is 29.9 Å². The van der Waals surface area contributed by atoms with Crippen molar-refractivity contribution < 1.29 is 61.4 Å². The number of nitrogens with zero attached hydrogens (tertiary/aromatic N) is 15. The number of hydrogen-bond donors (Lipinski definition) is 3. The van der Waals surface area contributed by atoms with Gasteiger partial charge in [0, 0.05) is 122 Å². The van der Waals surface area contributed by atoms with Gasteiger partial charge in [-0.15, -0.1) is 0 Å². The second-order valence-corrected chi connectivity index (χ2v) is 28.0. The fourth-order valence-electron chi connectivity index (χ4n) is 13.0. The van der Waals surface area contributed by atoms with E-state index in [0.717, 1.165) is 55.5 Å². The average Bonchev–Trinajstić information content (AvgIpc) is 1.60. The summed E-state index contributed by atoms with van der Waals surface area (Å²) in [4.78, 5) is 147. The Morgan fingerprint density at radius 2 is 0.889 bits per heavy atom. The van der Waals surface area contributed by atoms with E-state index in [1.807, 2.05) is 41.9 Å². The molecular weight excluding hydrogens is 1390 g/mol. The molecule has 0 aromatic carbocycles. The first-order valence-corrected chi connectivity index (χ1v) is 35.7. The molecule has 0 unspecified atom stereocenters. The van der Waals surface area contributed by atoms with Crippen molar-refractivity contribution in [2.24, 2.45) is 5.92 Å². The number of carbonyl (C=O) groups excluding carboxylic acids is 9. The minimum atomic E-state index is -4.08. The third-order valence-electron chi connectivity index (χ3n) is 20.1. The molecular formula is C77H86F2N18O11. The number of amides is 6. The molecule has 3 saturated carbocycles. The summed E-state index contributed by atoms with van der Waals surface area (Å²) in [6.45, 7) is 6.44. The molecule has 0 radical (unpaired) electrons. The number of pyridine rings is 6. The van der Waals surface area contributed by atoms with Crippen LogP contribution < -0.4 is 16.0 Å². The Morgan fingerprint density at radius 3 is 1.23 bits per heavy atom. The van der Waals surface area contributed by atoms with Crippen molar-refractivity contribution >= 4 is 71.8 Å². The van der Waals surface area contributed by atoms with Crippen molar-refractivity contribution in [2.45, 2.75) is 113 Å². The molecule has 6 aromatic rings. The van der Waals surface area contributed by atoms with E-state index in [9.17, 15) is 67.7 Å². The number of methoxy groups -OCH3 is 2. The number of likely N-dealkylation sites (N-methyl/N-ethyl adjacent to an activating group) is 3. The lowest BCUT2D eigenvalue weighted by Gasteiger charge is -2.32. The van der Waals surface area contributed by atoms with Gasteiger partial charge in [0.05, 0.1) is 58.5 Å². The lowest BCUT2D eigenvalue weighted by molar-refractivity contribution is -0.141. The van der Waals surface area contributed by atoms with Gasteiger partial charge in [0.1, 0.15) is 58.4 Å². The maximum Gasteiger partial charge on any atom is 0.366 e. The zero-order valence-corrected chi connectivity index (χ0v) is 61.1. The number of ether oxygens (including phenoxy) is 2. The maximum atomic E-state index is 15.0. The number of piperazine rings is 3. The number of aryl methyl sites for hydroxylation is 3. The Bertz CT molecular complexity index is 4350. The topological polar surface area (TPSA) is 376 Å². The van der Waals surface area contributed by atoms with E-state index >= 15 is 0 Å². The Kier molecular flexibility index (Phi) is 26.5. The molecule has 0 atom stereocenters. The predicted octanol–water partition coefficient (Wildman–Crippen LogP) is 5.88. The molecule has 3 aliphatic carbocycles. The Morgan fingerprint density at radius 1 is 0.528 bits per heavy atom. The molecule has 0 spiro atoms. The smallest absolute Gasteiger partial charge is 0.366 e. The summed E-state index contributed by atoms with van der Waals surface area (Å²) in [5.74, 6) is -4.93. The van der Waals surface area contributed by atoms with Crippen molar-refractivity contribution in [1.82, 2.24) is 59.3 Å². The van der Waals surface area contributed by atoms with E-state index in [4.69, 9.17) is 9.47 Å². The van der Waals surface area contributed by atoms with Crippen LogP contribution in [0.5, 0.6) is 0 Å². The fourth-order valence-corrected chi connectivity index (χ4v) is 13.0. The molecule has 3 aliphatic heterocycles. The van der Waals surface area contributed by atoms with Crippen molar-refractivity contribution in [3.05, 3.63) is 157 Å². The number of hydrogen-bond acceptors (Lipinski definition) is 23. The van der Waals surface area contributed by atoms with Crippen molar-refractivity contribution in [3.63, 3.8) is 0 Å². The number of anilines is 3. The van der Waals surface area contributed by atoms with Crippen LogP contribution in [0.1, 0.15) is 156 Å². The van der Waals surface area contributed by atoms with E-state index in [1.54, 1.807) is 53.3 Å². The van der Waals surface area contributed by atoms with Gasteiger partial charge in [-0.1, -0.05) is 31.0 Å². The first-order valence-electron chi connectivity index (χ1n) is 35.7. The first-order chi connectivity index (χ1) is 52.0. The summed E-state index contributed by atoms with van der Waals surface area (Å²) in [7, 11) is 8.78. The molecule has 6 amide bonds. The maximum absolute atomic E-state index is 15.0.